The summed E-state index contributed by atoms with van der Waals surface area (Å²) in [4.78, 5) is 22.6. The van der Waals surface area contributed by atoms with E-state index < -0.39 is 12.1 Å². The molecule has 1 amide bonds. The summed E-state index contributed by atoms with van der Waals surface area (Å²) in [6.07, 6.45) is 0.477. The molecule has 0 aliphatic rings. The van der Waals surface area contributed by atoms with E-state index >= 15 is 0 Å². The average molecular weight is 359 g/mol. The average Bonchev–Trinajstić information content (AvgIpc) is 2.58. The van der Waals surface area contributed by atoms with E-state index in [-0.39, 0.29) is 13.2 Å². The molecule has 0 aliphatic heterocycles. The maximum Gasteiger partial charge on any atom is 0.412 e. The van der Waals surface area contributed by atoms with Crippen LogP contribution in [0.3, 0.4) is 0 Å². The van der Waals surface area contributed by atoms with Crippen molar-refractivity contribution >= 4 is 17.6 Å². The quantitative estimate of drug-likeness (QED) is 0.419. The van der Waals surface area contributed by atoms with Gasteiger partial charge < -0.3 is 14.8 Å². The Bertz CT molecular complexity index is 647. The van der Waals surface area contributed by atoms with Crippen LogP contribution in [0.25, 0.3) is 5.57 Å². The van der Waals surface area contributed by atoms with Gasteiger partial charge in [-0.05, 0) is 42.0 Å². The fraction of sp³-hybridized carbons (Fsp3) is 0.429. The molecule has 5 heteroatoms. The van der Waals surface area contributed by atoms with Crippen LogP contribution in [0.5, 0.6) is 5.75 Å². The van der Waals surface area contributed by atoms with Crippen LogP contribution in [0.4, 0.5) is 4.79 Å². The highest BCUT2D eigenvalue weighted by atomic mass is 16.6. The number of hydrogen-bond acceptors (Lipinski definition) is 4. The zero-order valence-corrected chi connectivity index (χ0v) is 16.3. The van der Waals surface area contributed by atoms with Crippen LogP contribution in [-0.4, -0.2) is 25.2 Å². The molecule has 0 spiro atoms. The first kappa shape index (κ1) is 21.5. The first-order chi connectivity index (χ1) is 12.3. The smallest absolute Gasteiger partial charge is 0.412 e. The molecule has 0 bridgehead atoms. The molecule has 0 fully saturated rings. The molecule has 1 aromatic rings. The monoisotopic (exact) mass is 359 g/mol. The van der Waals surface area contributed by atoms with Crippen LogP contribution in [-0.2, 0) is 9.53 Å². The van der Waals surface area contributed by atoms with Gasteiger partial charge in [0.15, 0.2) is 0 Å². The molecule has 1 rings (SSSR count). The topological polar surface area (TPSA) is 64.6 Å². The molecule has 0 saturated heterocycles. The Kier molecular flexibility index (Phi) is 8.62. The first-order valence-electron chi connectivity index (χ1n) is 8.82. The lowest BCUT2D eigenvalue weighted by atomic mass is 9.86. The summed E-state index contributed by atoms with van der Waals surface area (Å²) in [5, 5.41) is 2.51. The first-order valence-corrected chi connectivity index (χ1v) is 8.82. The molecule has 0 heterocycles. The highest BCUT2D eigenvalue weighted by Gasteiger charge is 2.13. The highest BCUT2D eigenvalue weighted by molar-refractivity contribution is 5.81. The summed E-state index contributed by atoms with van der Waals surface area (Å²) >= 11 is 0. The summed E-state index contributed by atoms with van der Waals surface area (Å²) in [6.45, 7) is 14.5. The van der Waals surface area contributed by atoms with Crippen molar-refractivity contribution in [3.05, 3.63) is 48.1 Å². The number of carbonyl (C=O) groups is 2. The van der Waals surface area contributed by atoms with Gasteiger partial charge in [-0.15, -0.1) is 0 Å². The standard InChI is InChI=1S/C21H29NO4/c1-7-19(23)25-13-12-22-21(24)26-18-10-8-17(9-11-18)16(6)20(14(2)3)15(4)5/h7-11,14-15H,1,12-13H2,2-6H3,(H,22,24). The van der Waals surface area contributed by atoms with Gasteiger partial charge in [-0.1, -0.05) is 52.0 Å². The summed E-state index contributed by atoms with van der Waals surface area (Å²) in [5.41, 5.74) is 3.80. The molecule has 0 aromatic heterocycles. The van der Waals surface area contributed by atoms with Crippen molar-refractivity contribution in [1.29, 1.82) is 0 Å². The Morgan fingerprint density at radius 1 is 1.12 bits per heavy atom. The number of ether oxygens (including phenoxy) is 2. The van der Waals surface area contributed by atoms with Gasteiger partial charge in [-0.3, -0.25) is 0 Å². The Balaban J connectivity index is 2.64. The van der Waals surface area contributed by atoms with Crippen LogP contribution in [0.15, 0.2) is 42.5 Å². The van der Waals surface area contributed by atoms with Gasteiger partial charge in [0.1, 0.15) is 12.4 Å². The number of hydrogen-bond donors (Lipinski definition) is 1. The largest absolute Gasteiger partial charge is 0.461 e. The number of esters is 1. The van der Waals surface area contributed by atoms with Crippen LogP contribution in [0.2, 0.25) is 0 Å². The van der Waals surface area contributed by atoms with E-state index in [1.54, 1.807) is 12.1 Å². The van der Waals surface area contributed by atoms with E-state index in [0.29, 0.717) is 17.6 Å². The molecule has 26 heavy (non-hydrogen) atoms. The lowest BCUT2D eigenvalue weighted by molar-refractivity contribution is -0.137. The third-order valence-electron chi connectivity index (χ3n) is 3.96. The molecule has 142 valence electrons. The third-order valence-corrected chi connectivity index (χ3v) is 3.96. The third kappa shape index (κ3) is 6.75. The normalized spacial score (nSPS) is 10.4. The van der Waals surface area contributed by atoms with Gasteiger partial charge >= 0.3 is 12.1 Å². The van der Waals surface area contributed by atoms with Crippen LogP contribution < -0.4 is 10.1 Å². The number of nitrogens with one attached hydrogen (secondary N) is 1. The Labute approximate surface area is 156 Å². The van der Waals surface area contributed by atoms with Gasteiger partial charge in [0.25, 0.3) is 0 Å². The summed E-state index contributed by atoms with van der Waals surface area (Å²) in [6, 6.07) is 7.45. The van der Waals surface area contributed by atoms with E-state index in [2.05, 4.69) is 46.5 Å². The number of amides is 1. The predicted octanol–water partition coefficient (Wildman–Crippen LogP) is 4.59. The van der Waals surface area contributed by atoms with Gasteiger partial charge in [0.05, 0.1) is 6.54 Å². The lowest BCUT2D eigenvalue weighted by Crippen LogP contribution is -2.30. The molecule has 0 unspecified atom stereocenters. The van der Waals surface area contributed by atoms with Crippen molar-refractivity contribution in [3.63, 3.8) is 0 Å². The van der Waals surface area contributed by atoms with Gasteiger partial charge in [-0.25, -0.2) is 9.59 Å². The van der Waals surface area contributed by atoms with Crippen molar-refractivity contribution in [2.75, 3.05) is 13.2 Å². The molecular weight excluding hydrogens is 330 g/mol. The SMILES string of the molecule is C=CC(=O)OCCNC(=O)Oc1ccc(C(C)=C(C(C)C)C(C)C)cc1. The second kappa shape index (κ2) is 10.4. The Morgan fingerprint density at radius 3 is 2.19 bits per heavy atom. The summed E-state index contributed by atoms with van der Waals surface area (Å²) in [5.74, 6) is 0.887. The molecular formula is C21H29NO4. The maximum atomic E-state index is 11.7. The molecule has 0 aliphatic carbocycles. The van der Waals surface area contributed by atoms with E-state index in [1.165, 1.54) is 11.1 Å². The van der Waals surface area contributed by atoms with E-state index in [4.69, 9.17) is 9.47 Å². The fourth-order valence-electron chi connectivity index (χ4n) is 2.98. The zero-order chi connectivity index (χ0) is 19.7. The number of carbonyl (C=O) groups excluding carboxylic acids is 2. The van der Waals surface area contributed by atoms with Crippen molar-refractivity contribution in [1.82, 2.24) is 5.32 Å². The minimum absolute atomic E-state index is 0.0655. The Hall–Kier alpha value is -2.56. The van der Waals surface area contributed by atoms with Crippen LogP contribution >= 0.6 is 0 Å². The molecule has 0 saturated carbocycles. The number of allylic oxidation sites excluding steroid dienone is 2. The minimum Gasteiger partial charge on any atom is -0.461 e. The van der Waals surface area contributed by atoms with Crippen molar-refractivity contribution in [2.45, 2.75) is 34.6 Å². The van der Waals surface area contributed by atoms with Gasteiger partial charge in [-0.2, -0.15) is 0 Å². The minimum atomic E-state index is -0.593. The van der Waals surface area contributed by atoms with Crippen molar-refractivity contribution in [3.8, 4) is 5.75 Å². The van der Waals surface area contributed by atoms with Crippen molar-refractivity contribution in [2.24, 2.45) is 11.8 Å². The number of rotatable bonds is 8. The fourth-order valence-corrected chi connectivity index (χ4v) is 2.98. The number of benzene rings is 1. The van der Waals surface area contributed by atoms with Gasteiger partial charge in [0.2, 0.25) is 0 Å². The second-order valence-electron chi connectivity index (χ2n) is 6.60. The maximum absolute atomic E-state index is 11.7. The lowest BCUT2D eigenvalue weighted by Gasteiger charge is -2.20. The zero-order valence-electron chi connectivity index (χ0n) is 16.3. The Morgan fingerprint density at radius 2 is 1.69 bits per heavy atom. The molecule has 0 atom stereocenters. The van der Waals surface area contributed by atoms with E-state index in [1.807, 2.05) is 12.1 Å². The summed E-state index contributed by atoms with van der Waals surface area (Å²) in [7, 11) is 0. The second-order valence-corrected chi connectivity index (χ2v) is 6.60. The van der Waals surface area contributed by atoms with Crippen LogP contribution in [0.1, 0.15) is 40.2 Å². The van der Waals surface area contributed by atoms with E-state index in [9.17, 15) is 9.59 Å². The molecule has 1 N–H and O–H groups in total. The summed E-state index contributed by atoms with van der Waals surface area (Å²) < 4.78 is 9.97. The molecule has 5 nitrogen and oxygen atoms in total. The van der Waals surface area contributed by atoms with Crippen molar-refractivity contribution < 1.29 is 19.1 Å². The van der Waals surface area contributed by atoms with Gasteiger partial charge in [0, 0.05) is 6.08 Å². The molecule has 0 radical (unpaired) electrons. The highest BCUT2D eigenvalue weighted by Crippen LogP contribution is 2.30. The van der Waals surface area contributed by atoms with Crippen LogP contribution in [0, 0.1) is 11.8 Å². The molecule has 1 aromatic carbocycles. The predicted molar refractivity (Wildman–Crippen MR) is 104 cm³/mol. The van der Waals surface area contributed by atoms with E-state index in [0.717, 1.165) is 11.6 Å².